The van der Waals surface area contributed by atoms with E-state index in [1.54, 1.807) is 11.1 Å². The molecule has 1 heterocycles. The van der Waals surface area contributed by atoms with Crippen LogP contribution in [0.3, 0.4) is 0 Å². The molecule has 2 aliphatic carbocycles. The number of likely N-dealkylation sites (N-methyl/N-ethyl adjacent to an activating group) is 1. The van der Waals surface area contributed by atoms with Crippen molar-refractivity contribution < 1.29 is 0 Å². The highest BCUT2D eigenvalue weighted by Crippen LogP contribution is 2.46. The van der Waals surface area contributed by atoms with Crippen molar-refractivity contribution in [2.24, 2.45) is 5.92 Å². The highest BCUT2D eigenvalue weighted by atomic mass is 15.2. The van der Waals surface area contributed by atoms with Gasteiger partial charge in [-0.1, -0.05) is 38.1 Å². The van der Waals surface area contributed by atoms with Crippen LogP contribution in [0.2, 0.25) is 0 Å². The summed E-state index contributed by atoms with van der Waals surface area (Å²) in [5.74, 6) is 1.69. The molecule has 1 aliphatic heterocycles. The molecule has 2 heteroatoms. The molecular formula is C19H28N2. The molecule has 2 nitrogen and oxygen atoms in total. The zero-order valence-corrected chi connectivity index (χ0v) is 13.4. The summed E-state index contributed by atoms with van der Waals surface area (Å²) in [4.78, 5) is 2.87. The molecule has 2 bridgehead atoms. The first kappa shape index (κ1) is 13.8. The fourth-order valence-electron chi connectivity index (χ4n) is 5.24. The van der Waals surface area contributed by atoms with Crippen molar-refractivity contribution >= 4 is 0 Å². The van der Waals surface area contributed by atoms with E-state index in [2.05, 4.69) is 48.3 Å². The first-order chi connectivity index (χ1) is 10.3. The molecule has 0 radical (unpaired) electrons. The van der Waals surface area contributed by atoms with Crippen molar-refractivity contribution in [3.05, 3.63) is 35.4 Å². The van der Waals surface area contributed by atoms with Gasteiger partial charge < -0.3 is 5.32 Å². The van der Waals surface area contributed by atoms with E-state index in [-0.39, 0.29) is 0 Å². The van der Waals surface area contributed by atoms with Crippen LogP contribution in [0.15, 0.2) is 24.3 Å². The quantitative estimate of drug-likeness (QED) is 0.910. The Morgan fingerprint density at radius 1 is 1.14 bits per heavy atom. The van der Waals surface area contributed by atoms with E-state index in [0.29, 0.717) is 18.0 Å². The second kappa shape index (κ2) is 5.40. The van der Waals surface area contributed by atoms with E-state index in [1.807, 2.05) is 0 Å². The maximum atomic E-state index is 3.81. The molecular weight excluding hydrogens is 256 g/mol. The molecule has 0 spiro atoms. The monoisotopic (exact) mass is 284 g/mol. The average molecular weight is 284 g/mol. The van der Waals surface area contributed by atoms with Gasteiger partial charge in [0.15, 0.2) is 0 Å². The van der Waals surface area contributed by atoms with Gasteiger partial charge in [-0.05, 0) is 55.2 Å². The smallest absolute Gasteiger partial charge is 0.0481 e. The first-order valence-electron chi connectivity index (χ1n) is 8.86. The van der Waals surface area contributed by atoms with Crippen LogP contribution >= 0.6 is 0 Å². The molecule has 0 aromatic heterocycles. The predicted molar refractivity (Wildman–Crippen MR) is 87.5 cm³/mol. The molecule has 1 aromatic carbocycles. The van der Waals surface area contributed by atoms with E-state index in [4.69, 9.17) is 0 Å². The molecule has 0 amide bonds. The third kappa shape index (κ3) is 2.24. The molecule has 5 unspecified atom stereocenters. The molecule has 5 atom stereocenters. The summed E-state index contributed by atoms with van der Waals surface area (Å²) in [6, 6.07) is 11.2. The van der Waals surface area contributed by atoms with Crippen LogP contribution < -0.4 is 5.32 Å². The number of benzene rings is 1. The Morgan fingerprint density at radius 3 is 2.62 bits per heavy atom. The van der Waals surface area contributed by atoms with Crippen molar-refractivity contribution in [3.63, 3.8) is 0 Å². The van der Waals surface area contributed by atoms with Crippen LogP contribution in [0.25, 0.3) is 0 Å². The zero-order chi connectivity index (χ0) is 14.4. The Bertz CT molecular complexity index is 512. The lowest BCUT2D eigenvalue weighted by Crippen LogP contribution is -2.50. The van der Waals surface area contributed by atoms with Crippen LogP contribution in [-0.4, -0.2) is 30.1 Å². The Morgan fingerprint density at radius 2 is 1.95 bits per heavy atom. The second-order valence-corrected chi connectivity index (χ2v) is 7.40. The summed E-state index contributed by atoms with van der Waals surface area (Å²) in [6.45, 7) is 7.08. The number of nitrogens with one attached hydrogen (secondary N) is 1. The third-order valence-corrected chi connectivity index (χ3v) is 6.14. The third-order valence-electron chi connectivity index (χ3n) is 6.14. The minimum absolute atomic E-state index is 0.529. The van der Waals surface area contributed by atoms with E-state index >= 15 is 0 Å². The number of likely N-dealkylation sites (tertiary alicyclic amines) is 1. The number of piperidine rings is 1. The molecule has 114 valence electrons. The molecule has 1 N–H and O–H groups in total. The fraction of sp³-hybridized carbons (Fsp3) is 0.684. The Balaban J connectivity index is 1.67. The van der Waals surface area contributed by atoms with Gasteiger partial charge in [-0.3, -0.25) is 4.90 Å². The predicted octanol–water partition coefficient (Wildman–Crippen LogP) is 3.70. The summed E-state index contributed by atoms with van der Waals surface area (Å²) in [5.41, 5.74) is 3.13. The first-order valence-corrected chi connectivity index (χ1v) is 8.86. The Kier molecular flexibility index (Phi) is 3.55. The average Bonchev–Trinajstić information content (AvgIpc) is 3.13. The molecule has 1 aromatic rings. The Labute approximate surface area is 128 Å². The maximum absolute atomic E-state index is 3.81. The standard InChI is InChI=1S/C19H28N2/c1-3-20-19-17-7-5-4-6-16(17)13(2)10-18(19)21-12-14-8-9-15(21)11-14/h4-7,13-15,18-20H,3,8-12H2,1-2H3. The number of hydrogen-bond acceptors (Lipinski definition) is 2. The zero-order valence-electron chi connectivity index (χ0n) is 13.4. The highest BCUT2D eigenvalue weighted by molar-refractivity contribution is 5.37. The normalized spacial score (nSPS) is 38.7. The molecule has 21 heavy (non-hydrogen) atoms. The number of fused-ring (bicyclic) bond motifs is 3. The van der Waals surface area contributed by atoms with Crippen LogP contribution in [0, 0.1) is 5.92 Å². The molecule has 1 saturated heterocycles. The lowest BCUT2D eigenvalue weighted by atomic mass is 9.77. The lowest BCUT2D eigenvalue weighted by Gasteiger charge is -2.45. The van der Waals surface area contributed by atoms with Gasteiger partial charge in [-0.15, -0.1) is 0 Å². The minimum atomic E-state index is 0.529. The van der Waals surface area contributed by atoms with Gasteiger partial charge in [0, 0.05) is 24.7 Å². The van der Waals surface area contributed by atoms with E-state index in [1.165, 1.54) is 32.2 Å². The minimum Gasteiger partial charge on any atom is -0.309 e. The van der Waals surface area contributed by atoms with Gasteiger partial charge in [0.2, 0.25) is 0 Å². The van der Waals surface area contributed by atoms with E-state index in [9.17, 15) is 0 Å². The van der Waals surface area contributed by atoms with Crippen LogP contribution in [0.5, 0.6) is 0 Å². The van der Waals surface area contributed by atoms with E-state index < -0.39 is 0 Å². The topological polar surface area (TPSA) is 15.3 Å². The van der Waals surface area contributed by atoms with Crippen molar-refractivity contribution in [1.82, 2.24) is 10.2 Å². The number of hydrogen-bond donors (Lipinski definition) is 1. The molecule has 2 fully saturated rings. The summed E-state index contributed by atoms with van der Waals surface area (Å²) >= 11 is 0. The van der Waals surface area contributed by atoms with Crippen LogP contribution in [0.4, 0.5) is 0 Å². The van der Waals surface area contributed by atoms with Crippen molar-refractivity contribution in [3.8, 4) is 0 Å². The SMILES string of the molecule is CCNC1c2ccccc2C(C)CC1N1CC2CCC1C2. The number of nitrogens with zero attached hydrogens (tertiary/aromatic N) is 1. The van der Waals surface area contributed by atoms with Gasteiger partial charge in [0.05, 0.1) is 0 Å². The van der Waals surface area contributed by atoms with Crippen molar-refractivity contribution in [1.29, 1.82) is 0 Å². The van der Waals surface area contributed by atoms with Gasteiger partial charge in [-0.2, -0.15) is 0 Å². The number of rotatable bonds is 3. The van der Waals surface area contributed by atoms with Gasteiger partial charge in [-0.25, -0.2) is 0 Å². The summed E-state index contributed by atoms with van der Waals surface area (Å²) in [5, 5.41) is 3.81. The van der Waals surface area contributed by atoms with Gasteiger partial charge in [0.1, 0.15) is 0 Å². The highest BCUT2D eigenvalue weighted by Gasteiger charge is 2.45. The Hall–Kier alpha value is -0.860. The molecule has 4 rings (SSSR count). The summed E-state index contributed by atoms with van der Waals surface area (Å²) in [6.07, 6.45) is 5.70. The largest absolute Gasteiger partial charge is 0.309 e. The van der Waals surface area contributed by atoms with Crippen LogP contribution in [-0.2, 0) is 0 Å². The molecule has 1 saturated carbocycles. The van der Waals surface area contributed by atoms with Gasteiger partial charge in [0.25, 0.3) is 0 Å². The van der Waals surface area contributed by atoms with Crippen molar-refractivity contribution in [2.75, 3.05) is 13.1 Å². The summed E-state index contributed by atoms with van der Waals surface area (Å²) in [7, 11) is 0. The lowest BCUT2D eigenvalue weighted by molar-refractivity contribution is 0.0993. The van der Waals surface area contributed by atoms with Crippen molar-refractivity contribution in [2.45, 2.75) is 63.6 Å². The maximum Gasteiger partial charge on any atom is 0.0481 e. The fourth-order valence-corrected chi connectivity index (χ4v) is 5.24. The second-order valence-electron chi connectivity index (χ2n) is 7.40. The van der Waals surface area contributed by atoms with E-state index in [0.717, 1.165) is 18.5 Å². The van der Waals surface area contributed by atoms with Crippen LogP contribution in [0.1, 0.15) is 62.6 Å². The van der Waals surface area contributed by atoms with Gasteiger partial charge >= 0.3 is 0 Å². The summed E-state index contributed by atoms with van der Waals surface area (Å²) < 4.78 is 0. The molecule has 3 aliphatic rings.